The van der Waals surface area contributed by atoms with E-state index >= 15 is 0 Å². The first kappa shape index (κ1) is 11.3. The zero-order valence-corrected chi connectivity index (χ0v) is 11.2. The molecule has 2 aromatic rings. The van der Waals surface area contributed by atoms with E-state index in [1.165, 1.54) is 33.2 Å². The minimum absolute atomic E-state index is 0.464. The van der Waals surface area contributed by atoms with Gasteiger partial charge < -0.3 is 0 Å². The average molecular weight is 232 g/mol. The molecule has 0 N–H and O–H groups in total. The van der Waals surface area contributed by atoms with Gasteiger partial charge in [-0.2, -0.15) is 0 Å². The average Bonchev–Trinajstić information content (AvgIpc) is 2.47. The Hall–Kier alpha value is -1.76. The van der Waals surface area contributed by atoms with Crippen LogP contribution in [0.25, 0.3) is 12.2 Å². The summed E-state index contributed by atoms with van der Waals surface area (Å²) >= 11 is 0. The van der Waals surface area contributed by atoms with Crippen LogP contribution in [-0.2, 0) is 0 Å². The van der Waals surface area contributed by atoms with Crippen LogP contribution in [0.3, 0.4) is 0 Å². The van der Waals surface area contributed by atoms with Gasteiger partial charge in [-0.05, 0) is 25.0 Å². The van der Waals surface area contributed by atoms with Crippen LogP contribution in [0.4, 0.5) is 0 Å². The predicted octanol–water partition coefficient (Wildman–Crippen LogP) is 3.03. The Morgan fingerprint density at radius 1 is 0.722 bits per heavy atom. The van der Waals surface area contributed by atoms with E-state index in [9.17, 15) is 0 Å². The van der Waals surface area contributed by atoms with Crippen molar-refractivity contribution in [1.29, 1.82) is 0 Å². The summed E-state index contributed by atoms with van der Waals surface area (Å²) < 4.78 is 0. The molecule has 3 rings (SSSR count). The van der Waals surface area contributed by atoms with Crippen LogP contribution in [0.1, 0.15) is 22.3 Å². The lowest BCUT2D eigenvalue weighted by Gasteiger charge is -2.13. The highest BCUT2D eigenvalue weighted by molar-refractivity contribution is 6.85. The quantitative estimate of drug-likeness (QED) is 0.612. The second kappa shape index (κ2) is 4.17. The van der Waals surface area contributed by atoms with Gasteiger partial charge in [0.05, 0.1) is 0 Å². The van der Waals surface area contributed by atoms with Gasteiger partial charge in [0.15, 0.2) is 0 Å². The molecule has 0 radical (unpaired) electrons. The maximum absolute atomic E-state index is 2.30. The summed E-state index contributed by atoms with van der Waals surface area (Å²) in [6.07, 6.45) is 4.51. The molecule has 0 spiro atoms. The number of benzene rings is 2. The third-order valence-electron chi connectivity index (χ3n) is 3.86. The Morgan fingerprint density at radius 2 is 1.17 bits per heavy atom. The molecule has 1 aliphatic rings. The van der Waals surface area contributed by atoms with Crippen molar-refractivity contribution in [2.24, 2.45) is 0 Å². The molecule has 0 aliphatic carbocycles. The van der Waals surface area contributed by atoms with Crippen molar-refractivity contribution in [3.05, 3.63) is 58.7 Å². The molecule has 18 heavy (non-hydrogen) atoms. The first-order valence-electron chi connectivity index (χ1n) is 6.54. The van der Waals surface area contributed by atoms with Gasteiger partial charge in [0.1, 0.15) is 0 Å². The Bertz CT molecular complexity index is 583. The summed E-state index contributed by atoms with van der Waals surface area (Å²) in [4.78, 5) is 0. The molecule has 0 bridgehead atoms. The maximum atomic E-state index is 2.30. The largest absolute Gasteiger partial charge is 0.207 e. The molecular weight excluding hydrogens is 215 g/mol. The molecule has 88 valence electrons. The molecule has 0 fully saturated rings. The summed E-state index contributed by atoms with van der Waals surface area (Å²) in [6, 6.07) is 13.5. The molecule has 1 heterocycles. The van der Waals surface area contributed by atoms with E-state index in [0.717, 1.165) is 0 Å². The van der Waals surface area contributed by atoms with Gasteiger partial charge in [0, 0.05) is 0 Å². The monoisotopic (exact) mass is 232 g/mol. The van der Waals surface area contributed by atoms with E-state index in [1.54, 1.807) is 0 Å². The number of aryl methyl sites for hydroxylation is 2. The first-order valence-corrected chi connectivity index (χ1v) is 6.54. The van der Waals surface area contributed by atoms with Crippen molar-refractivity contribution in [1.82, 2.24) is 0 Å². The molecule has 0 nitrogen and oxygen atoms in total. The smallest absolute Gasteiger partial charge is 0.0774 e. The summed E-state index contributed by atoms with van der Waals surface area (Å²) in [7, 11) is 0. The Balaban J connectivity index is 2.23. The van der Waals surface area contributed by atoms with Crippen molar-refractivity contribution in [2.45, 2.75) is 20.7 Å². The van der Waals surface area contributed by atoms with E-state index in [4.69, 9.17) is 0 Å². The molecule has 1 heteroatoms. The number of rotatable bonds is 0. The van der Waals surface area contributed by atoms with E-state index in [0.29, 0.717) is 6.71 Å². The highest BCUT2D eigenvalue weighted by Gasteiger charge is 2.20. The van der Waals surface area contributed by atoms with Gasteiger partial charge >= 0.3 is 0 Å². The zero-order chi connectivity index (χ0) is 12.7. The minimum atomic E-state index is 0.464. The lowest BCUT2D eigenvalue weighted by Crippen LogP contribution is -2.41. The van der Waals surface area contributed by atoms with E-state index in [-0.39, 0.29) is 0 Å². The topological polar surface area (TPSA) is 0 Å². The molecule has 0 unspecified atom stereocenters. The fourth-order valence-electron chi connectivity index (χ4n) is 2.81. The van der Waals surface area contributed by atoms with E-state index in [1.807, 2.05) is 0 Å². The second-order valence-corrected chi connectivity index (χ2v) is 5.32. The van der Waals surface area contributed by atoms with Gasteiger partial charge in [0.25, 0.3) is 0 Å². The van der Waals surface area contributed by atoms with Crippen LogP contribution in [0.2, 0.25) is 6.82 Å². The third kappa shape index (κ3) is 1.80. The van der Waals surface area contributed by atoms with Crippen LogP contribution in [0.5, 0.6) is 0 Å². The van der Waals surface area contributed by atoms with Gasteiger partial charge in [-0.15, -0.1) is 0 Å². The lowest BCUT2D eigenvalue weighted by molar-refractivity contribution is 1.47. The van der Waals surface area contributed by atoms with Crippen molar-refractivity contribution in [2.75, 3.05) is 0 Å². The van der Waals surface area contributed by atoms with Crippen LogP contribution in [0, 0.1) is 13.8 Å². The molecule has 0 atom stereocenters. The Morgan fingerprint density at radius 3 is 1.61 bits per heavy atom. The number of fused-ring (bicyclic) bond motifs is 2. The van der Waals surface area contributed by atoms with Crippen LogP contribution in [0.15, 0.2) is 36.4 Å². The lowest BCUT2D eigenvalue weighted by atomic mass is 9.41. The SMILES string of the molecule is CB1c2ccc(C)cc2C=Cc2cc(C)ccc21. The van der Waals surface area contributed by atoms with Gasteiger partial charge in [-0.25, -0.2) is 0 Å². The van der Waals surface area contributed by atoms with E-state index < -0.39 is 0 Å². The fraction of sp³-hybridized carbons (Fsp3) is 0.176. The molecular formula is C17H17B. The van der Waals surface area contributed by atoms with E-state index in [2.05, 4.69) is 69.2 Å². The maximum Gasteiger partial charge on any atom is 0.207 e. The normalized spacial score (nSPS) is 12.9. The standard InChI is InChI=1S/C17H17B/c1-12-4-8-16-14(10-12)6-7-15-11-13(2)5-9-17(15)18(16)3/h4-11H,1-3H3. The predicted molar refractivity (Wildman–Crippen MR) is 82.2 cm³/mol. The number of hydrogen-bond acceptors (Lipinski definition) is 0. The van der Waals surface area contributed by atoms with Crippen molar-refractivity contribution in [3.63, 3.8) is 0 Å². The third-order valence-corrected chi connectivity index (χ3v) is 3.86. The zero-order valence-electron chi connectivity index (χ0n) is 11.2. The molecule has 0 aromatic heterocycles. The second-order valence-electron chi connectivity index (χ2n) is 5.32. The summed E-state index contributed by atoms with van der Waals surface area (Å²) in [5.41, 5.74) is 8.23. The van der Waals surface area contributed by atoms with Crippen LogP contribution >= 0.6 is 0 Å². The van der Waals surface area contributed by atoms with Crippen LogP contribution in [-0.4, -0.2) is 6.71 Å². The highest BCUT2D eigenvalue weighted by atomic mass is 14.1. The highest BCUT2D eigenvalue weighted by Crippen LogP contribution is 2.14. The number of hydrogen-bond donors (Lipinski definition) is 0. The van der Waals surface area contributed by atoms with Crippen LogP contribution < -0.4 is 10.9 Å². The Kier molecular flexibility index (Phi) is 2.63. The van der Waals surface area contributed by atoms with Crippen molar-refractivity contribution >= 4 is 29.8 Å². The molecule has 0 saturated carbocycles. The molecule has 0 saturated heterocycles. The fourth-order valence-corrected chi connectivity index (χ4v) is 2.81. The first-order chi connectivity index (χ1) is 8.65. The van der Waals surface area contributed by atoms with Gasteiger partial charge in [0.2, 0.25) is 6.71 Å². The molecule has 0 amide bonds. The minimum Gasteiger partial charge on any atom is -0.0774 e. The summed E-state index contributed by atoms with van der Waals surface area (Å²) in [5, 5.41) is 0. The van der Waals surface area contributed by atoms with Gasteiger partial charge in [-0.3, -0.25) is 0 Å². The van der Waals surface area contributed by atoms with Crippen molar-refractivity contribution in [3.8, 4) is 0 Å². The van der Waals surface area contributed by atoms with Crippen molar-refractivity contribution < 1.29 is 0 Å². The van der Waals surface area contributed by atoms with Gasteiger partial charge in [-0.1, -0.05) is 77.4 Å². The summed E-state index contributed by atoms with van der Waals surface area (Å²) in [5.74, 6) is 0. The molecule has 2 aromatic carbocycles. The summed E-state index contributed by atoms with van der Waals surface area (Å²) in [6.45, 7) is 7.07. The Labute approximate surface area is 109 Å². The molecule has 1 aliphatic heterocycles.